The minimum atomic E-state index is -1.03. The van der Waals surface area contributed by atoms with Crippen LogP contribution in [-0.2, 0) is 4.74 Å². The minimum absolute atomic E-state index is 0.0503. The summed E-state index contributed by atoms with van der Waals surface area (Å²) in [6.07, 6.45) is 0. The molecule has 0 aromatic heterocycles. The number of nitrogens with zero attached hydrogens (tertiary/aromatic N) is 1. The van der Waals surface area contributed by atoms with E-state index in [0.29, 0.717) is 19.8 Å². The van der Waals surface area contributed by atoms with E-state index >= 15 is 0 Å². The van der Waals surface area contributed by atoms with Crippen molar-refractivity contribution < 1.29 is 23.2 Å². The van der Waals surface area contributed by atoms with E-state index in [1.54, 1.807) is 0 Å². The number of amides is 1. The van der Waals surface area contributed by atoms with Crippen molar-refractivity contribution in [3.8, 4) is 0 Å². The zero-order valence-electron chi connectivity index (χ0n) is 16.2. The molecule has 28 heavy (non-hydrogen) atoms. The average Bonchev–Trinajstić information content (AvgIpc) is 2.71. The summed E-state index contributed by atoms with van der Waals surface area (Å²) in [6, 6.07) is 11.5. The number of quaternary nitrogens is 1. The first-order chi connectivity index (χ1) is 13.5. The number of carbonyl (C=O) groups excluding carboxylic acids is 1. The van der Waals surface area contributed by atoms with Crippen molar-refractivity contribution in [3.05, 3.63) is 65.2 Å². The molecule has 2 aromatic carbocycles. The van der Waals surface area contributed by atoms with E-state index in [1.165, 1.54) is 11.0 Å². The number of ether oxygens (including phenoxy) is 1. The average molecular weight is 390 g/mol. The Hall–Kier alpha value is -2.51. The maximum atomic E-state index is 13.4. The third-order valence-electron chi connectivity index (χ3n) is 5.09. The Labute approximate surface area is 163 Å². The third-order valence-corrected chi connectivity index (χ3v) is 5.09. The highest BCUT2D eigenvalue weighted by Gasteiger charge is 2.27. The van der Waals surface area contributed by atoms with Crippen molar-refractivity contribution in [1.82, 2.24) is 5.32 Å². The molecule has 1 aliphatic heterocycles. The highest BCUT2D eigenvalue weighted by atomic mass is 19.2. The highest BCUT2D eigenvalue weighted by molar-refractivity contribution is 5.94. The van der Waals surface area contributed by atoms with Crippen LogP contribution in [0.3, 0.4) is 0 Å². The van der Waals surface area contributed by atoms with Gasteiger partial charge in [-0.05, 0) is 30.3 Å². The van der Waals surface area contributed by atoms with Gasteiger partial charge in [-0.2, -0.15) is 0 Å². The molecule has 1 fully saturated rings. The summed E-state index contributed by atoms with van der Waals surface area (Å²) in [6.45, 7) is 3.45. The predicted molar refractivity (Wildman–Crippen MR) is 104 cm³/mol. The molecule has 0 saturated carbocycles. The number of nitrogens with one attached hydrogen (secondary N) is 2. The van der Waals surface area contributed by atoms with Crippen LogP contribution in [0.5, 0.6) is 0 Å². The summed E-state index contributed by atoms with van der Waals surface area (Å²) in [7, 11) is 3.98. The van der Waals surface area contributed by atoms with Crippen LogP contribution >= 0.6 is 0 Å². The summed E-state index contributed by atoms with van der Waals surface area (Å²) in [5.74, 6) is -2.41. The normalized spacial score (nSPS) is 15.9. The van der Waals surface area contributed by atoms with Gasteiger partial charge in [0, 0.05) is 30.9 Å². The van der Waals surface area contributed by atoms with Crippen LogP contribution in [0.1, 0.15) is 22.0 Å². The quantitative estimate of drug-likeness (QED) is 0.784. The van der Waals surface area contributed by atoms with E-state index < -0.39 is 17.5 Å². The first kappa shape index (κ1) is 20.2. The van der Waals surface area contributed by atoms with E-state index in [0.717, 1.165) is 36.5 Å². The Morgan fingerprint density at radius 1 is 1.11 bits per heavy atom. The molecule has 1 heterocycles. The summed E-state index contributed by atoms with van der Waals surface area (Å²) in [4.78, 5) is 15.8. The minimum Gasteiger partial charge on any atom is -0.378 e. The molecule has 0 spiro atoms. The van der Waals surface area contributed by atoms with Gasteiger partial charge < -0.3 is 19.9 Å². The fourth-order valence-electron chi connectivity index (χ4n) is 3.42. The molecular weight excluding hydrogens is 364 g/mol. The summed E-state index contributed by atoms with van der Waals surface area (Å²) < 4.78 is 32.0. The van der Waals surface area contributed by atoms with Gasteiger partial charge >= 0.3 is 0 Å². The molecule has 1 atom stereocenters. The van der Waals surface area contributed by atoms with Crippen molar-refractivity contribution in [2.45, 2.75) is 6.04 Å². The van der Waals surface area contributed by atoms with Gasteiger partial charge in [0.2, 0.25) is 0 Å². The molecule has 3 rings (SSSR count). The van der Waals surface area contributed by atoms with Crippen LogP contribution in [0.2, 0.25) is 0 Å². The van der Waals surface area contributed by atoms with Crippen molar-refractivity contribution in [2.24, 2.45) is 0 Å². The maximum absolute atomic E-state index is 13.4. The van der Waals surface area contributed by atoms with Gasteiger partial charge in [0.05, 0.1) is 19.8 Å². The second-order valence-electron chi connectivity index (χ2n) is 7.15. The van der Waals surface area contributed by atoms with Gasteiger partial charge in [-0.25, -0.2) is 8.78 Å². The van der Waals surface area contributed by atoms with Gasteiger partial charge in [0.25, 0.3) is 5.91 Å². The Bertz CT molecular complexity index is 806. The van der Waals surface area contributed by atoms with E-state index in [2.05, 4.69) is 29.6 Å². The standard InChI is InChI=1S/C21H25F2N3O2/c1-25(2)17-6-3-15(4-7-17)20(26-9-11-28-12-10-26)14-24-21(27)16-5-8-18(22)19(23)13-16/h3-8,13,20H,9-12,14H2,1-2H3,(H,24,27)/p+1/t20-/m1/s1. The molecule has 0 bridgehead atoms. The fourth-order valence-corrected chi connectivity index (χ4v) is 3.42. The van der Waals surface area contributed by atoms with Crippen molar-refractivity contribution in [2.75, 3.05) is 51.8 Å². The number of rotatable bonds is 6. The molecule has 0 radical (unpaired) electrons. The van der Waals surface area contributed by atoms with E-state index in [1.807, 2.05) is 19.0 Å². The van der Waals surface area contributed by atoms with E-state index in [9.17, 15) is 13.6 Å². The van der Waals surface area contributed by atoms with Crippen LogP contribution < -0.4 is 15.1 Å². The van der Waals surface area contributed by atoms with Crippen LogP contribution in [0.4, 0.5) is 14.5 Å². The molecular formula is C21H26F2N3O2+. The molecule has 0 unspecified atom stereocenters. The van der Waals surface area contributed by atoms with Crippen LogP contribution in [-0.4, -0.2) is 52.9 Å². The van der Waals surface area contributed by atoms with Gasteiger partial charge in [0.15, 0.2) is 11.6 Å². The Morgan fingerprint density at radius 3 is 2.39 bits per heavy atom. The van der Waals surface area contributed by atoms with Crippen LogP contribution in [0.15, 0.2) is 42.5 Å². The lowest BCUT2D eigenvalue weighted by Gasteiger charge is -2.32. The molecule has 1 amide bonds. The van der Waals surface area contributed by atoms with Crippen molar-refractivity contribution >= 4 is 11.6 Å². The number of hydrogen-bond acceptors (Lipinski definition) is 3. The number of benzene rings is 2. The lowest BCUT2D eigenvalue weighted by Crippen LogP contribution is -3.15. The lowest BCUT2D eigenvalue weighted by atomic mass is 10.0. The summed E-state index contributed by atoms with van der Waals surface area (Å²) in [5, 5.41) is 2.88. The maximum Gasteiger partial charge on any atom is 0.251 e. The van der Waals surface area contributed by atoms with Gasteiger partial charge in [0.1, 0.15) is 19.1 Å². The van der Waals surface area contributed by atoms with E-state index in [-0.39, 0.29) is 11.6 Å². The number of carbonyl (C=O) groups is 1. The van der Waals surface area contributed by atoms with Crippen LogP contribution in [0.25, 0.3) is 0 Å². The second kappa shape index (κ2) is 9.12. The van der Waals surface area contributed by atoms with Crippen LogP contribution in [0, 0.1) is 11.6 Å². The van der Waals surface area contributed by atoms with Crippen molar-refractivity contribution in [1.29, 1.82) is 0 Å². The highest BCUT2D eigenvalue weighted by Crippen LogP contribution is 2.17. The number of hydrogen-bond donors (Lipinski definition) is 2. The zero-order chi connectivity index (χ0) is 20.1. The first-order valence-corrected chi connectivity index (χ1v) is 9.38. The van der Waals surface area contributed by atoms with Gasteiger partial charge in [-0.1, -0.05) is 12.1 Å². The smallest absolute Gasteiger partial charge is 0.251 e. The number of morpholine rings is 1. The Morgan fingerprint density at radius 2 is 1.79 bits per heavy atom. The largest absolute Gasteiger partial charge is 0.378 e. The lowest BCUT2D eigenvalue weighted by molar-refractivity contribution is -0.937. The predicted octanol–water partition coefficient (Wildman–Crippen LogP) is 1.42. The fraction of sp³-hybridized carbons (Fsp3) is 0.381. The zero-order valence-corrected chi connectivity index (χ0v) is 16.2. The molecule has 150 valence electrons. The van der Waals surface area contributed by atoms with Gasteiger partial charge in [-0.3, -0.25) is 4.79 Å². The Kier molecular flexibility index (Phi) is 6.59. The number of halogens is 2. The molecule has 7 heteroatoms. The van der Waals surface area contributed by atoms with Gasteiger partial charge in [-0.15, -0.1) is 0 Å². The summed E-state index contributed by atoms with van der Waals surface area (Å²) >= 11 is 0. The summed E-state index contributed by atoms with van der Waals surface area (Å²) in [5.41, 5.74) is 2.33. The van der Waals surface area contributed by atoms with Crippen molar-refractivity contribution in [3.63, 3.8) is 0 Å². The SMILES string of the molecule is CN(C)c1ccc([C@@H](CNC(=O)c2ccc(F)c(F)c2)[NH+]2CCOCC2)cc1. The topological polar surface area (TPSA) is 46.0 Å². The molecule has 2 aromatic rings. The van der Waals surface area contributed by atoms with E-state index in [4.69, 9.17) is 4.74 Å². The molecule has 1 saturated heterocycles. The monoisotopic (exact) mass is 390 g/mol. The third kappa shape index (κ3) is 4.85. The first-order valence-electron chi connectivity index (χ1n) is 9.38. The number of anilines is 1. The molecule has 2 N–H and O–H groups in total. The molecule has 0 aliphatic carbocycles. The second-order valence-corrected chi connectivity index (χ2v) is 7.15. The molecule has 1 aliphatic rings. The molecule has 5 nitrogen and oxygen atoms in total. The Balaban J connectivity index is 1.75.